The SMILES string of the molecule is CC(C)C1C(C(=O)OCCl)CCN1C(=O)OC(C)(C)C. The maximum absolute atomic E-state index is 12.2. The summed E-state index contributed by atoms with van der Waals surface area (Å²) < 4.78 is 10.3. The highest BCUT2D eigenvalue weighted by Gasteiger charge is 2.44. The lowest BCUT2D eigenvalue weighted by Crippen LogP contribution is -2.45. The molecule has 1 rings (SSSR count). The minimum absolute atomic E-state index is 0.137. The Labute approximate surface area is 125 Å². The van der Waals surface area contributed by atoms with Crippen LogP contribution in [0.25, 0.3) is 0 Å². The molecule has 0 aromatic rings. The van der Waals surface area contributed by atoms with E-state index in [9.17, 15) is 9.59 Å². The summed E-state index contributed by atoms with van der Waals surface area (Å²) in [5, 5.41) is 0. The Morgan fingerprint density at radius 3 is 2.40 bits per heavy atom. The van der Waals surface area contributed by atoms with E-state index in [0.29, 0.717) is 13.0 Å². The van der Waals surface area contributed by atoms with Crippen LogP contribution < -0.4 is 0 Å². The van der Waals surface area contributed by atoms with E-state index in [0.717, 1.165) is 0 Å². The van der Waals surface area contributed by atoms with E-state index in [-0.39, 0.29) is 36.0 Å². The lowest BCUT2D eigenvalue weighted by atomic mass is 9.91. The minimum Gasteiger partial charge on any atom is -0.449 e. The summed E-state index contributed by atoms with van der Waals surface area (Å²) in [5.41, 5.74) is -0.548. The zero-order valence-electron chi connectivity index (χ0n) is 12.8. The predicted octanol–water partition coefficient (Wildman–Crippen LogP) is 3.01. The van der Waals surface area contributed by atoms with Crippen molar-refractivity contribution in [3.8, 4) is 0 Å². The average Bonchev–Trinajstić information content (AvgIpc) is 2.71. The summed E-state index contributed by atoms with van der Waals surface area (Å²) in [6.07, 6.45) is 0.204. The highest BCUT2D eigenvalue weighted by Crippen LogP contribution is 2.32. The van der Waals surface area contributed by atoms with E-state index in [1.165, 1.54) is 0 Å². The summed E-state index contributed by atoms with van der Waals surface area (Å²) in [5.74, 6) is -0.538. The van der Waals surface area contributed by atoms with Crippen molar-refractivity contribution in [2.75, 3.05) is 12.6 Å². The first kappa shape index (κ1) is 17.1. The summed E-state index contributed by atoms with van der Waals surface area (Å²) >= 11 is 5.44. The van der Waals surface area contributed by atoms with Gasteiger partial charge in [-0.05, 0) is 33.1 Å². The fourth-order valence-electron chi connectivity index (χ4n) is 2.59. The van der Waals surface area contributed by atoms with Gasteiger partial charge in [0.25, 0.3) is 0 Å². The highest BCUT2D eigenvalue weighted by atomic mass is 35.5. The fourth-order valence-corrected chi connectivity index (χ4v) is 2.70. The van der Waals surface area contributed by atoms with Gasteiger partial charge in [0.05, 0.1) is 12.0 Å². The maximum atomic E-state index is 12.2. The smallest absolute Gasteiger partial charge is 0.410 e. The molecule has 0 bridgehead atoms. The summed E-state index contributed by atoms with van der Waals surface area (Å²) in [6, 6.07) is -0.368. The van der Waals surface area contributed by atoms with Crippen LogP contribution in [0.2, 0.25) is 0 Å². The monoisotopic (exact) mass is 305 g/mol. The molecule has 1 aliphatic heterocycles. The van der Waals surface area contributed by atoms with E-state index < -0.39 is 5.60 Å². The largest absolute Gasteiger partial charge is 0.449 e. The third-order valence-corrected chi connectivity index (χ3v) is 3.37. The van der Waals surface area contributed by atoms with Gasteiger partial charge in [0.15, 0.2) is 6.07 Å². The molecule has 1 heterocycles. The van der Waals surface area contributed by atoms with Crippen LogP contribution in [-0.4, -0.2) is 41.2 Å². The molecule has 0 spiro atoms. The molecule has 0 aromatic carbocycles. The third-order valence-electron chi connectivity index (χ3n) is 3.26. The van der Waals surface area contributed by atoms with Gasteiger partial charge in [0.2, 0.25) is 0 Å². The Kier molecular flexibility index (Phi) is 5.68. The lowest BCUT2D eigenvalue weighted by Gasteiger charge is -2.32. The number of hydrogen-bond acceptors (Lipinski definition) is 4. The second-order valence-corrected chi connectivity index (χ2v) is 6.59. The first-order chi connectivity index (χ1) is 9.17. The van der Waals surface area contributed by atoms with E-state index in [4.69, 9.17) is 21.1 Å². The number of esters is 1. The molecule has 20 heavy (non-hydrogen) atoms. The summed E-state index contributed by atoms with van der Waals surface area (Å²) in [4.78, 5) is 25.8. The second kappa shape index (κ2) is 6.66. The number of rotatable bonds is 3. The van der Waals surface area contributed by atoms with E-state index in [2.05, 4.69) is 0 Å². The second-order valence-electron chi connectivity index (χ2n) is 6.38. The van der Waals surface area contributed by atoms with Gasteiger partial charge in [-0.25, -0.2) is 4.79 Å². The van der Waals surface area contributed by atoms with Crippen molar-refractivity contribution in [3.05, 3.63) is 0 Å². The van der Waals surface area contributed by atoms with Gasteiger partial charge in [-0.15, -0.1) is 0 Å². The maximum Gasteiger partial charge on any atom is 0.410 e. The first-order valence-electron chi connectivity index (χ1n) is 6.89. The molecule has 2 atom stereocenters. The van der Waals surface area contributed by atoms with Crippen molar-refractivity contribution in [2.45, 2.75) is 52.7 Å². The molecular weight excluding hydrogens is 282 g/mol. The number of halogens is 1. The number of hydrogen-bond donors (Lipinski definition) is 0. The van der Waals surface area contributed by atoms with Crippen LogP contribution in [0.15, 0.2) is 0 Å². The highest BCUT2D eigenvalue weighted by molar-refractivity contribution is 6.17. The standard InChI is InChI=1S/C14H24ClNO4/c1-9(2)11-10(12(17)19-8-15)6-7-16(11)13(18)20-14(3,4)5/h9-11H,6-8H2,1-5H3. The van der Waals surface area contributed by atoms with Gasteiger partial charge in [0.1, 0.15) is 5.60 Å². The van der Waals surface area contributed by atoms with Crippen molar-refractivity contribution >= 4 is 23.7 Å². The van der Waals surface area contributed by atoms with Crippen LogP contribution in [0, 0.1) is 11.8 Å². The number of ether oxygens (including phenoxy) is 2. The number of likely N-dealkylation sites (tertiary alicyclic amines) is 1. The summed E-state index contributed by atoms with van der Waals surface area (Å²) in [7, 11) is 0. The van der Waals surface area contributed by atoms with Crippen molar-refractivity contribution < 1.29 is 19.1 Å². The molecule has 1 saturated heterocycles. The van der Waals surface area contributed by atoms with Crippen LogP contribution in [-0.2, 0) is 14.3 Å². The molecule has 1 aliphatic rings. The average molecular weight is 306 g/mol. The third kappa shape index (κ3) is 4.27. The van der Waals surface area contributed by atoms with Crippen LogP contribution in [0.4, 0.5) is 4.79 Å². The molecule has 0 radical (unpaired) electrons. The molecule has 0 aliphatic carbocycles. The van der Waals surface area contributed by atoms with Gasteiger partial charge in [-0.1, -0.05) is 25.4 Å². The van der Waals surface area contributed by atoms with Crippen LogP contribution in [0.3, 0.4) is 0 Å². The zero-order chi connectivity index (χ0) is 15.5. The molecule has 6 heteroatoms. The molecule has 1 amide bonds. The van der Waals surface area contributed by atoms with Crippen molar-refractivity contribution in [2.24, 2.45) is 11.8 Å². The Bertz CT molecular complexity index is 365. The Hall–Kier alpha value is -0.970. The molecule has 0 saturated carbocycles. The van der Waals surface area contributed by atoms with Gasteiger partial charge >= 0.3 is 12.1 Å². The molecule has 2 unspecified atom stereocenters. The van der Waals surface area contributed by atoms with Crippen LogP contribution in [0.1, 0.15) is 41.0 Å². The lowest BCUT2D eigenvalue weighted by molar-refractivity contribution is -0.147. The van der Waals surface area contributed by atoms with Crippen LogP contribution in [0.5, 0.6) is 0 Å². The molecule has 0 aromatic heterocycles. The number of carbonyl (C=O) groups is 2. The minimum atomic E-state index is -0.548. The number of carbonyl (C=O) groups excluding carboxylic acids is 2. The molecule has 0 N–H and O–H groups in total. The predicted molar refractivity (Wildman–Crippen MR) is 76.5 cm³/mol. The van der Waals surface area contributed by atoms with Crippen molar-refractivity contribution in [1.82, 2.24) is 4.90 Å². The van der Waals surface area contributed by atoms with E-state index >= 15 is 0 Å². The van der Waals surface area contributed by atoms with Gasteiger partial charge in [-0.3, -0.25) is 4.79 Å². The summed E-state index contributed by atoms with van der Waals surface area (Å²) in [6.45, 7) is 9.93. The van der Waals surface area contributed by atoms with E-state index in [1.54, 1.807) is 4.90 Å². The number of alkyl halides is 1. The fraction of sp³-hybridized carbons (Fsp3) is 0.857. The van der Waals surface area contributed by atoms with Crippen molar-refractivity contribution in [1.29, 1.82) is 0 Å². The Morgan fingerprint density at radius 1 is 1.35 bits per heavy atom. The van der Waals surface area contributed by atoms with E-state index in [1.807, 2.05) is 34.6 Å². The van der Waals surface area contributed by atoms with Gasteiger partial charge < -0.3 is 14.4 Å². The first-order valence-corrected chi connectivity index (χ1v) is 7.43. The topological polar surface area (TPSA) is 55.8 Å². The quantitative estimate of drug-likeness (QED) is 0.594. The molecule has 116 valence electrons. The molecule has 5 nitrogen and oxygen atoms in total. The normalized spacial score (nSPS) is 23.1. The molecule has 1 fully saturated rings. The van der Waals surface area contributed by atoms with Crippen LogP contribution >= 0.6 is 11.6 Å². The molecular formula is C14H24ClNO4. The van der Waals surface area contributed by atoms with Crippen molar-refractivity contribution in [3.63, 3.8) is 0 Å². The van der Waals surface area contributed by atoms with Gasteiger partial charge in [0, 0.05) is 6.54 Å². The van der Waals surface area contributed by atoms with Gasteiger partial charge in [-0.2, -0.15) is 0 Å². The Morgan fingerprint density at radius 2 is 1.95 bits per heavy atom. The zero-order valence-corrected chi connectivity index (χ0v) is 13.6. The number of nitrogens with zero attached hydrogens (tertiary/aromatic N) is 1. The number of amides is 1. The Balaban J connectivity index is 2.83.